The molecule has 0 aliphatic heterocycles. The number of nitrogens with one attached hydrogen (secondary N) is 1. The van der Waals surface area contributed by atoms with Crippen LogP contribution in [0.15, 0.2) is 18.2 Å². The minimum atomic E-state index is -0.942. The molecular formula is C13H16Cl2N2O3. The lowest BCUT2D eigenvalue weighted by atomic mass is 10.1. The number of benzene rings is 1. The summed E-state index contributed by atoms with van der Waals surface area (Å²) >= 11 is 11.8. The highest BCUT2D eigenvalue weighted by Crippen LogP contribution is 2.25. The Hall–Kier alpha value is -1.46. The van der Waals surface area contributed by atoms with E-state index in [-0.39, 0.29) is 25.0 Å². The molecule has 2 amide bonds. The van der Waals surface area contributed by atoms with E-state index in [2.05, 4.69) is 5.32 Å². The van der Waals surface area contributed by atoms with Crippen molar-refractivity contribution in [2.75, 3.05) is 13.6 Å². The molecule has 0 bridgehead atoms. The number of rotatable bonds is 5. The standard InChI is InChI=1S/C13H16Cl2N2O3/c1-8(9-3-4-10(14)11(15)7-9)16-13(20)17(2)6-5-12(18)19/h3-4,7-8H,5-6H2,1-2H3,(H,16,20)(H,18,19). The number of carbonyl (C=O) groups excluding carboxylic acids is 1. The van der Waals surface area contributed by atoms with E-state index in [1.54, 1.807) is 25.2 Å². The van der Waals surface area contributed by atoms with Gasteiger partial charge in [-0.15, -0.1) is 0 Å². The van der Waals surface area contributed by atoms with Gasteiger partial charge in [0.1, 0.15) is 0 Å². The normalized spacial score (nSPS) is 11.8. The molecule has 1 rings (SSSR count). The van der Waals surface area contributed by atoms with Crippen molar-refractivity contribution in [3.63, 3.8) is 0 Å². The number of carbonyl (C=O) groups is 2. The zero-order chi connectivity index (χ0) is 15.3. The molecule has 1 aromatic carbocycles. The van der Waals surface area contributed by atoms with Gasteiger partial charge >= 0.3 is 12.0 Å². The first kappa shape index (κ1) is 16.6. The van der Waals surface area contributed by atoms with Gasteiger partial charge in [0, 0.05) is 13.6 Å². The van der Waals surface area contributed by atoms with Crippen molar-refractivity contribution in [1.82, 2.24) is 10.2 Å². The summed E-state index contributed by atoms with van der Waals surface area (Å²) in [6.45, 7) is 1.96. The molecular weight excluding hydrogens is 303 g/mol. The molecule has 2 N–H and O–H groups in total. The first-order chi connectivity index (χ1) is 9.31. The van der Waals surface area contributed by atoms with Crippen LogP contribution in [0.3, 0.4) is 0 Å². The number of aliphatic carboxylic acids is 1. The Morgan fingerprint density at radius 1 is 1.35 bits per heavy atom. The van der Waals surface area contributed by atoms with E-state index in [1.165, 1.54) is 4.90 Å². The Morgan fingerprint density at radius 2 is 2.00 bits per heavy atom. The molecule has 0 radical (unpaired) electrons. The van der Waals surface area contributed by atoms with Crippen LogP contribution in [0.5, 0.6) is 0 Å². The van der Waals surface area contributed by atoms with Crippen LogP contribution in [-0.2, 0) is 4.79 Å². The molecule has 1 aromatic rings. The predicted octanol–water partition coefficient (Wildman–Crippen LogP) is 3.17. The average molecular weight is 319 g/mol. The molecule has 5 nitrogen and oxygen atoms in total. The second-order valence-corrected chi connectivity index (χ2v) is 5.22. The minimum absolute atomic E-state index is 0.0922. The van der Waals surface area contributed by atoms with Gasteiger partial charge < -0.3 is 15.3 Å². The molecule has 1 unspecified atom stereocenters. The third-order valence-electron chi connectivity index (χ3n) is 2.79. The summed E-state index contributed by atoms with van der Waals surface area (Å²) in [5, 5.41) is 12.2. The largest absolute Gasteiger partial charge is 0.481 e. The van der Waals surface area contributed by atoms with Gasteiger partial charge in [0.15, 0.2) is 0 Å². The maximum absolute atomic E-state index is 11.9. The van der Waals surface area contributed by atoms with Crippen molar-refractivity contribution in [3.8, 4) is 0 Å². The summed E-state index contributed by atoms with van der Waals surface area (Å²) in [7, 11) is 1.54. The monoisotopic (exact) mass is 318 g/mol. The van der Waals surface area contributed by atoms with Crippen LogP contribution in [-0.4, -0.2) is 35.6 Å². The van der Waals surface area contributed by atoms with Crippen molar-refractivity contribution in [3.05, 3.63) is 33.8 Å². The molecule has 0 saturated heterocycles. The van der Waals surface area contributed by atoms with Crippen LogP contribution < -0.4 is 5.32 Å². The fraction of sp³-hybridized carbons (Fsp3) is 0.385. The van der Waals surface area contributed by atoms with E-state index in [1.807, 2.05) is 6.92 Å². The number of hydrogen-bond acceptors (Lipinski definition) is 2. The van der Waals surface area contributed by atoms with E-state index in [0.29, 0.717) is 10.0 Å². The van der Waals surface area contributed by atoms with Crippen LogP contribution >= 0.6 is 23.2 Å². The number of carboxylic acid groups (broad SMARTS) is 1. The van der Waals surface area contributed by atoms with Gasteiger partial charge in [-0.1, -0.05) is 29.3 Å². The Balaban J connectivity index is 2.60. The highest BCUT2D eigenvalue weighted by Gasteiger charge is 2.14. The first-order valence-electron chi connectivity index (χ1n) is 5.99. The molecule has 0 fully saturated rings. The lowest BCUT2D eigenvalue weighted by molar-refractivity contribution is -0.137. The number of carboxylic acids is 1. The number of urea groups is 1. The topological polar surface area (TPSA) is 69.6 Å². The van der Waals surface area contributed by atoms with Gasteiger partial charge in [0.2, 0.25) is 0 Å². The third-order valence-corrected chi connectivity index (χ3v) is 3.53. The van der Waals surface area contributed by atoms with Crippen LogP contribution in [0.2, 0.25) is 10.0 Å². The molecule has 7 heteroatoms. The molecule has 0 aliphatic carbocycles. The lowest BCUT2D eigenvalue weighted by Crippen LogP contribution is -2.39. The molecule has 0 saturated carbocycles. The van der Waals surface area contributed by atoms with E-state index in [9.17, 15) is 9.59 Å². The lowest BCUT2D eigenvalue weighted by Gasteiger charge is -2.21. The predicted molar refractivity (Wildman–Crippen MR) is 78.3 cm³/mol. The Morgan fingerprint density at radius 3 is 2.55 bits per heavy atom. The van der Waals surface area contributed by atoms with Gasteiger partial charge in [-0.25, -0.2) is 4.79 Å². The summed E-state index contributed by atoms with van der Waals surface area (Å²) < 4.78 is 0. The van der Waals surface area contributed by atoms with Crippen LogP contribution in [0.25, 0.3) is 0 Å². The van der Waals surface area contributed by atoms with Crippen molar-refractivity contribution in [1.29, 1.82) is 0 Å². The molecule has 0 spiro atoms. The van der Waals surface area contributed by atoms with E-state index >= 15 is 0 Å². The Labute approximate surface area is 127 Å². The van der Waals surface area contributed by atoms with E-state index < -0.39 is 5.97 Å². The van der Waals surface area contributed by atoms with E-state index in [4.69, 9.17) is 28.3 Å². The van der Waals surface area contributed by atoms with Crippen LogP contribution in [0.1, 0.15) is 24.9 Å². The van der Waals surface area contributed by atoms with Gasteiger partial charge in [0.25, 0.3) is 0 Å². The number of halogens is 2. The van der Waals surface area contributed by atoms with Crippen molar-refractivity contribution < 1.29 is 14.7 Å². The summed E-state index contributed by atoms with van der Waals surface area (Å²) in [4.78, 5) is 23.6. The smallest absolute Gasteiger partial charge is 0.317 e. The maximum Gasteiger partial charge on any atom is 0.317 e. The van der Waals surface area contributed by atoms with Gasteiger partial charge in [0.05, 0.1) is 22.5 Å². The number of amides is 2. The summed E-state index contributed by atoms with van der Waals surface area (Å²) in [6.07, 6.45) is -0.0922. The van der Waals surface area contributed by atoms with Crippen molar-refractivity contribution in [2.24, 2.45) is 0 Å². The molecule has 0 heterocycles. The Kier molecular flexibility index (Phi) is 6.10. The quantitative estimate of drug-likeness (QED) is 0.876. The van der Waals surface area contributed by atoms with Crippen LogP contribution in [0.4, 0.5) is 4.79 Å². The maximum atomic E-state index is 11.9. The fourth-order valence-electron chi connectivity index (χ4n) is 1.53. The summed E-state index contributed by atoms with van der Waals surface area (Å²) in [6, 6.07) is 4.52. The number of hydrogen-bond donors (Lipinski definition) is 2. The SMILES string of the molecule is CC(NC(=O)N(C)CCC(=O)O)c1ccc(Cl)c(Cl)c1. The molecule has 1 atom stereocenters. The summed E-state index contributed by atoms with van der Waals surface area (Å²) in [5.41, 5.74) is 0.819. The fourth-order valence-corrected chi connectivity index (χ4v) is 1.83. The highest BCUT2D eigenvalue weighted by molar-refractivity contribution is 6.42. The molecule has 20 heavy (non-hydrogen) atoms. The van der Waals surface area contributed by atoms with Crippen molar-refractivity contribution in [2.45, 2.75) is 19.4 Å². The number of nitrogens with zero attached hydrogens (tertiary/aromatic N) is 1. The highest BCUT2D eigenvalue weighted by atomic mass is 35.5. The third kappa shape index (κ3) is 4.90. The first-order valence-corrected chi connectivity index (χ1v) is 6.75. The zero-order valence-corrected chi connectivity index (χ0v) is 12.7. The second-order valence-electron chi connectivity index (χ2n) is 4.41. The van der Waals surface area contributed by atoms with Crippen molar-refractivity contribution >= 4 is 35.2 Å². The van der Waals surface area contributed by atoms with Gasteiger partial charge in [-0.05, 0) is 24.6 Å². The minimum Gasteiger partial charge on any atom is -0.481 e. The average Bonchev–Trinajstić information content (AvgIpc) is 2.38. The van der Waals surface area contributed by atoms with E-state index in [0.717, 1.165) is 5.56 Å². The second kappa shape index (κ2) is 7.36. The van der Waals surface area contributed by atoms with Gasteiger partial charge in [-0.3, -0.25) is 4.79 Å². The summed E-state index contributed by atoms with van der Waals surface area (Å²) in [5.74, 6) is -0.942. The zero-order valence-electron chi connectivity index (χ0n) is 11.2. The van der Waals surface area contributed by atoms with Crippen LogP contribution in [0, 0.1) is 0 Å². The molecule has 0 aromatic heterocycles. The Bertz CT molecular complexity index is 508. The molecule has 0 aliphatic rings. The van der Waals surface area contributed by atoms with Gasteiger partial charge in [-0.2, -0.15) is 0 Å². The molecule has 110 valence electrons.